The lowest BCUT2D eigenvalue weighted by atomic mass is 9.79. The standard InChI is InChI=1S/C18H27NO4S2/c1-18(9-12-19-13-10-18)11-15-25(22,23)14-3-4-16-5-7-17(8-6-16)24(2,20)21/h3-8,19H,9-15H2,1-2H3. The van der Waals surface area contributed by atoms with Crippen molar-refractivity contribution in [1.82, 2.24) is 5.32 Å². The minimum Gasteiger partial charge on any atom is -0.317 e. The SMILES string of the molecule is CC1(CCS(=O)(=O)CC=Cc2ccc(S(C)(=O)=O)cc2)CCNCC1. The van der Waals surface area contributed by atoms with E-state index in [9.17, 15) is 16.8 Å². The van der Waals surface area contributed by atoms with Gasteiger partial charge >= 0.3 is 0 Å². The van der Waals surface area contributed by atoms with Crippen LogP contribution in [0.4, 0.5) is 0 Å². The van der Waals surface area contributed by atoms with E-state index in [2.05, 4.69) is 12.2 Å². The lowest BCUT2D eigenvalue weighted by Gasteiger charge is -2.33. The minimum absolute atomic E-state index is 0.00909. The van der Waals surface area contributed by atoms with E-state index in [1.54, 1.807) is 24.3 Å². The van der Waals surface area contributed by atoms with Crippen LogP contribution in [0.3, 0.4) is 0 Å². The van der Waals surface area contributed by atoms with Crippen LogP contribution in [0.5, 0.6) is 0 Å². The van der Waals surface area contributed by atoms with Gasteiger partial charge in [-0.15, -0.1) is 0 Å². The first-order valence-electron chi connectivity index (χ1n) is 8.48. The molecule has 25 heavy (non-hydrogen) atoms. The molecule has 1 aromatic carbocycles. The first-order valence-corrected chi connectivity index (χ1v) is 12.2. The molecule has 1 saturated heterocycles. The van der Waals surface area contributed by atoms with E-state index in [0.29, 0.717) is 6.42 Å². The van der Waals surface area contributed by atoms with E-state index in [-0.39, 0.29) is 21.8 Å². The van der Waals surface area contributed by atoms with E-state index in [1.807, 2.05) is 0 Å². The minimum atomic E-state index is -3.21. The maximum absolute atomic E-state index is 12.2. The molecule has 0 spiro atoms. The molecule has 0 unspecified atom stereocenters. The Morgan fingerprint density at radius 2 is 1.68 bits per heavy atom. The van der Waals surface area contributed by atoms with Gasteiger partial charge < -0.3 is 5.32 Å². The summed E-state index contributed by atoms with van der Waals surface area (Å²) in [6, 6.07) is 6.41. The van der Waals surface area contributed by atoms with Crippen LogP contribution in [0, 0.1) is 5.41 Å². The van der Waals surface area contributed by atoms with Gasteiger partial charge in [0.2, 0.25) is 0 Å². The Morgan fingerprint density at radius 1 is 1.08 bits per heavy atom. The Kier molecular flexibility index (Phi) is 6.45. The number of rotatable bonds is 7. The van der Waals surface area contributed by atoms with Crippen molar-refractivity contribution in [3.05, 3.63) is 35.9 Å². The van der Waals surface area contributed by atoms with Crippen LogP contribution in [-0.2, 0) is 19.7 Å². The van der Waals surface area contributed by atoms with E-state index in [1.165, 1.54) is 12.1 Å². The van der Waals surface area contributed by atoms with Crippen molar-refractivity contribution in [2.24, 2.45) is 5.41 Å². The molecule has 1 aliphatic rings. The molecule has 0 bridgehead atoms. The second-order valence-corrected chi connectivity index (χ2v) is 11.4. The summed E-state index contributed by atoms with van der Waals surface area (Å²) >= 11 is 0. The molecule has 1 fully saturated rings. The van der Waals surface area contributed by atoms with Crippen LogP contribution >= 0.6 is 0 Å². The molecule has 0 aromatic heterocycles. The molecule has 140 valence electrons. The Balaban J connectivity index is 1.89. The molecule has 7 heteroatoms. The Labute approximate surface area is 151 Å². The number of benzene rings is 1. The molecule has 0 aliphatic carbocycles. The third-order valence-electron chi connectivity index (χ3n) is 4.80. The van der Waals surface area contributed by atoms with Crippen molar-refractivity contribution >= 4 is 25.8 Å². The predicted molar refractivity (Wildman–Crippen MR) is 102 cm³/mol. The van der Waals surface area contributed by atoms with Crippen molar-refractivity contribution in [1.29, 1.82) is 0 Å². The fourth-order valence-corrected chi connectivity index (χ4v) is 4.91. The van der Waals surface area contributed by atoms with Gasteiger partial charge in [0.15, 0.2) is 19.7 Å². The monoisotopic (exact) mass is 385 g/mol. The van der Waals surface area contributed by atoms with Gasteiger partial charge in [0.1, 0.15) is 0 Å². The van der Waals surface area contributed by atoms with Crippen LogP contribution < -0.4 is 5.32 Å². The smallest absolute Gasteiger partial charge is 0.175 e. The normalized spacial score (nSPS) is 18.5. The summed E-state index contributed by atoms with van der Waals surface area (Å²) < 4.78 is 47.3. The van der Waals surface area contributed by atoms with E-state index in [4.69, 9.17) is 0 Å². The van der Waals surface area contributed by atoms with E-state index >= 15 is 0 Å². The van der Waals surface area contributed by atoms with Gasteiger partial charge in [-0.1, -0.05) is 31.2 Å². The maximum atomic E-state index is 12.2. The second kappa shape index (κ2) is 8.01. The van der Waals surface area contributed by atoms with Crippen LogP contribution in [0.2, 0.25) is 0 Å². The zero-order chi connectivity index (χ0) is 18.6. The zero-order valence-corrected chi connectivity index (χ0v) is 16.5. The van der Waals surface area contributed by atoms with Gasteiger partial charge in [-0.3, -0.25) is 0 Å². The summed E-state index contributed by atoms with van der Waals surface area (Å²) in [6.45, 7) is 4.09. The summed E-state index contributed by atoms with van der Waals surface area (Å²) in [4.78, 5) is 0.257. The molecular formula is C18H27NO4S2. The highest BCUT2D eigenvalue weighted by atomic mass is 32.2. The Hall–Kier alpha value is -1.18. The van der Waals surface area contributed by atoms with Gasteiger partial charge in [-0.2, -0.15) is 0 Å². The number of hydrogen-bond donors (Lipinski definition) is 1. The number of piperidine rings is 1. The van der Waals surface area contributed by atoms with Gasteiger partial charge in [-0.25, -0.2) is 16.8 Å². The molecule has 0 saturated carbocycles. The second-order valence-electron chi connectivity index (χ2n) is 7.17. The zero-order valence-electron chi connectivity index (χ0n) is 14.9. The molecule has 1 aliphatic heterocycles. The molecule has 0 radical (unpaired) electrons. The third kappa shape index (κ3) is 6.56. The number of nitrogens with one attached hydrogen (secondary N) is 1. The molecule has 1 N–H and O–H groups in total. The van der Waals surface area contributed by atoms with Crippen molar-refractivity contribution in [3.63, 3.8) is 0 Å². The largest absolute Gasteiger partial charge is 0.317 e. The maximum Gasteiger partial charge on any atom is 0.175 e. The third-order valence-corrected chi connectivity index (χ3v) is 7.45. The summed E-state index contributed by atoms with van der Waals surface area (Å²) in [5.74, 6) is 0.218. The fraction of sp³-hybridized carbons (Fsp3) is 0.556. The van der Waals surface area contributed by atoms with Crippen molar-refractivity contribution in [3.8, 4) is 0 Å². The van der Waals surface area contributed by atoms with Crippen molar-refractivity contribution in [2.75, 3.05) is 30.9 Å². The summed E-state index contributed by atoms with van der Waals surface area (Å²) in [5, 5.41) is 3.30. The Bertz CT molecular complexity index is 803. The van der Waals surface area contributed by atoms with Gasteiger partial charge in [0, 0.05) is 6.26 Å². The van der Waals surface area contributed by atoms with Crippen LogP contribution in [-0.4, -0.2) is 47.7 Å². The Morgan fingerprint density at radius 3 is 2.24 bits per heavy atom. The molecule has 0 amide bonds. The number of sulfone groups is 2. The van der Waals surface area contributed by atoms with E-state index < -0.39 is 19.7 Å². The average Bonchev–Trinajstić information content (AvgIpc) is 2.54. The highest BCUT2D eigenvalue weighted by molar-refractivity contribution is 7.91. The number of hydrogen-bond acceptors (Lipinski definition) is 5. The topological polar surface area (TPSA) is 80.3 Å². The van der Waals surface area contributed by atoms with E-state index in [0.717, 1.165) is 37.8 Å². The summed E-state index contributed by atoms with van der Waals surface area (Å²) in [7, 11) is -6.34. The molecule has 1 heterocycles. The lowest BCUT2D eigenvalue weighted by Crippen LogP contribution is -2.36. The highest BCUT2D eigenvalue weighted by Gasteiger charge is 2.28. The molecule has 0 atom stereocenters. The van der Waals surface area contributed by atoms with Crippen LogP contribution in [0.25, 0.3) is 6.08 Å². The van der Waals surface area contributed by atoms with Crippen molar-refractivity contribution < 1.29 is 16.8 Å². The van der Waals surface area contributed by atoms with Crippen molar-refractivity contribution in [2.45, 2.75) is 31.1 Å². The fourth-order valence-electron chi connectivity index (χ4n) is 2.92. The first-order chi connectivity index (χ1) is 11.6. The van der Waals surface area contributed by atoms with Gasteiger partial charge in [0.25, 0.3) is 0 Å². The molecule has 1 aromatic rings. The highest BCUT2D eigenvalue weighted by Crippen LogP contribution is 2.32. The first kappa shape index (κ1) is 20.1. The predicted octanol–water partition coefficient (Wildman–Crippen LogP) is 2.30. The van der Waals surface area contributed by atoms with Crippen LogP contribution in [0.15, 0.2) is 35.2 Å². The van der Waals surface area contributed by atoms with Crippen LogP contribution in [0.1, 0.15) is 31.7 Å². The summed E-state index contributed by atoms with van der Waals surface area (Å²) in [6.07, 6.45) is 7.25. The molecule has 5 nitrogen and oxygen atoms in total. The average molecular weight is 386 g/mol. The van der Waals surface area contributed by atoms with Gasteiger partial charge in [0.05, 0.1) is 16.4 Å². The summed E-state index contributed by atoms with van der Waals surface area (Å²) in [5.41, 5.74) is 0.900. The lowest BCUT2D eigenvalue weighted by molar-refractivity contribution is 0.222. The molecular weight excluding hydrogens is 358 g/mol. The quantitative estimate of drug-likeness (QED) is 0.779. The molecule has 2 rings (SSSR count). The van der Waals surface area contributed by atoms with Gasteiger partial charge in [-0.05, 0) is 55.5 Å².